The summed E-state index contributed by atoms with van der Waals surface area (Å²) >= 11 is 0. The Morgan fingerprint density at radius 2 is 2.21 bits per heavy atom. The Hall–Kier alpha value is -2.97. The number of aromatic nitrogens is 4. The minimum absolute atomic E-state index is 0.127. The fourth-order valence-corrected chi connectivity index (χ4v) is 1.72. The molecule has 0 aliphatic heterocycles. The van der Waals surface area contributed by atoms with E-state index < -0.39 is 4.92 Å². The van der Waals surface area contributed by atoms with Gasteiger partial charge in [-0.3, -0.25) is 15.2 Å². The third kappa shape index (κ3) is 1.97. The predicted molar refractivity (Wildman–Crippen MR) is 64.4 cm³/mol. The molecule has 0 saturated heterocycles. The van der Waals surface area contributed by atoms with Crippen LogP contribution in [0, 0.1) is 10.1 Å². The van der Waals surface area contributed by atoms with E-state index in [4.69, 9.17) is 0 Å². The number of aromatic amines is 1. The van der Waals surface area contributed by atoms with Gasteiger partial charge in [0.2, 0.25) is 5.52 Å². The lowest BCUT2D eigenvalue weighted by Crippen LogP contribution is -2.00. The summed E-state index contributed by atoms with van der Waals surface area (Å²) in [5, 5.41) is 27.7. The van der Waals surface area contributed by atoms with Crippen LogP contribution in [0.1, 0.15) is 5.56 Å². The summed E-state index contributed by atoms with van der Waals surface area (Å²) in [5.74, 6) is 0. The first-order chi connectivity index (χ1) is 9.25. The largest absolute Gasteiger partial charge is 0.379 e. The predicted octanol–water partition coefficient (Wildman–Crippen LogP) is 1.47. The van der Waals surface area contributed by atoms with Crippen molar-refractivity contribution < 1.29 is 9.55 Å². The number of anilines is 1. The summed E-state index contributed by atoms with van der Waals surface area (Å²) in [6, 6.07) is 2.94. The SMILES string of the molecule is O=[N+]([O-])c1ccc(NCc2cn[nH]c2)c2nonc12. The number of nitro groups is 1. The molecule has 0 amide bonds. The number of nitrogens with one attached hydrogen (secondary N) is 2. The lowest BCUT2D eigenvalue weighted by atomic mass is 10.2. The van der Waals surface area contributed by atoms with Crippen molar-refractivity contribution in [3.8, 4) is 0 Å². The normalized spacial score (nSPS) is 10.7. The minimum Gasteiger partial charge on any atom is -0.379 e. The van der Waals surface area contributed by atoms with Crippen molar-refractivity contribution in [1.82, 2.24) is 20.5 Å². The second-order valence-electron chi connectivity index (χ2n) is 3.81. The molecule has 0 aliphatic carbocycles. The van der Waals surface area contributed by atoms with E-state index in [-0.39, 0.29) is 11.2 Å². The first kappa shape index (κ1) is 11.1. The van der Waals surface area contributed by atoms with Gasteiger partial charge in [0, 0.05) is 24.4 Å². The molecule has 0 aliphatic rings. The van der Waals surface area contributed by atoms with Crippen molar-refractivity contribution in [3.05, 3.63) is 40.2 Å². The van der Waals surface area contributed by atoms with Gasteiger partial charge >= 0.3 is 5.69 Å². The lowest BCUT2D eigenvalue weighted by molar-refractivity contribution is -0.383. The summed E-state index contributed by atoms with van der Waals surface area (Å²) in [6.45, 7) is 0.510. The van der Waals surface area contributed by atoms with Crippen molar-refractivity contribution in [2.24, 2.45) is 0 Å². The summed E-state index contributed by atoms with van der Waals surface area (Å²) in [7, 11) is 0. The smallest absolute Gasteiger partial charge is 0.300 e. The molecule has 1 aromatic carbocycles. The second kappa shape index (κ2) is 4.37. The lowest BCUT2D eigenvalue weighted by Gasteiger charge is -2.04. The van der Waals surface area contributed by atoms with Gasteiger partial charge in [-0.25, -0.2) is 4.63 Å². The number of benzene rings is 1. The zero-order chi connectivity index (χ0) is 13.2. The molecule has 0 saturated carbocycles. The number of H-pyrrole nitrogens is 1. The molecular weight excluding hydrogens is 252 g/mol. The standard InChI is InChI=1S/C10H8N6O3/c17-16(18)8-2-1-7(9-10(8)15-19-14-9)11-3-6-4-12-13-5-6/h1-2,4-5,11H,3H2,(H,12,13). The Kier molecular flexibility index (Phi) is 2.56. The molecule has 0 unspecified atom stereocenters. The Balaban J connectivity index is 1.94. The molecule has 0 radical (unpaired) electrons. The monoisotopic (exact) mass is 260 g/mol. The third-order valence-electron chi connectivity index (χ3n) is 2.63. The Morgan fingerprint density at radius 3 is 2.95 bits per heavy atom. The van der Waals surface area contributed by atoms with Gasteiger partial charge in [0.15, 0.2) is 5.52 Å². The van der Waals surface area contributed by atoms with Crippen LogP contribution >= 0.6 is 0 Å². The summed E-state index contributed by atoms with van der Waals surface area (Å²) in [4.78, 5) is 10.3. The van der Waals surface area contributed by atoms with Crippen LogP contribution in [0.5, 0.6) is 0 Å². The average molecular weight is 260 g/mol. The highest BCUT2D eigenvalue weighted by Crippen LogP contribution is 2.28. The van der Waals surface area contributed by atoms with E-state index in [0.29, 0.717) is 17.7 Å². The molecular formula is C10H8N6O3. The summed E-state index contributed by atoms with van der Waals surface area (Å²) in [6.07, 6.45) is 3.42. The van der Waals surface area contributed by atoms with Crippen LogP contribution in [0.2, 0.25) is 0 Å². The van der Waals surface area contributed by atoms with E-state index in [1.54, 1.807) is 18.5 Å². The number of nitrogens with zero attached hydrogens (tertiary/aromatic N) is 4. The van der Waals surface area contributed by atoms with E-state index in [9.17, 15) is 10.1 Å². The molecule has 9 heteroatoms. The van der Waals surface area contributed by atoms with Crippen molar-refractivity contribution in [1.29, 1.82) is 0 Å². The van der Waals surface area contributed by atoms with Crippen LogP contribution < -0.4 is 5.32 Å². The Bertz CT molecular complexity index is 720. The van der Waals surface area contributed by atoms with Crippen molar-refractivity contribution in [3.63, 3.8) is 0 Å². The maximum atomic E-state index is 10.8. The van der Waals surface area contributed by atoms with E-state index >= 15 is 0 Å². The summed E-state index contributed by atoms with van der Waals surface area (Å²) < 4.78 is 4.57. The minimum atomic E-state index is -0.521. The van der Waals surface area contributed by atoms with Crippen LogP contribution in [-0.2, 0) is 6.54 Å². The maximum absolute atomic E-state index is 10.8. The van der Waals surface area contributed by atoms with Gasteiger partial charge in [-0.2, -0.15) is 5.10 Å². The molecule has 0 atom stereocenters. The molecule has 0 fully saturated rings. The molecule has 2 aromatic heterocycles. The fourth-order valence-electron chi connectivity index (χ4n) is 1.72. The molecule has 9 nitrogen and oxygen atoms in total. The van der Waals surface area contributed by atoms with Crippen LogP contribution in [0.3, 0.4) is 0 Å². The zero-order valence-corrected chi connectivity index (χ0v) is 9.53. The van der Waals surface area contributed by atoms with Crippen molar-refractivity contribution in [2.45, 2.75) is 6.54 Å². The number of hydrogen-bond acceptors (Lipinski definition) is 7. The number of rotatable bonds is 4. The molecule has 0 bridgehead atoms. The van der Waals surface area contributed by atoms with Crippen LogP contribution in [0.4, 0.5) is 11.4 Å². The molecule has 2 N–H and O–H groups in total. The van der Waals surface area contributed by atoms with E-state index in [1.807, 2.05) is 0 Å². The second-order valence-corrected chi connectivity index (χ2v) is 3.81. The van der Waals surface area contributed by atoms with Gasteiger partial charge in [-0.15, -0.1) is 0 Å². The Morgan fingerprint density at radius 1 is 1.37 bits per heavy atom. The number of fused-ring (bicyclic) bond motifs is 1. The fraction of sp³-hybridized carbons (Fsp3) is 0.100. The highest BCUT2D eigenvalue weighted by molar-refractivity contribution is 5.93. The number of hydrogen-bond donors (Lipinski definition) is 2. The van der Waals surface area contributed by atoms with Gasteiger partial charge in [0.05, 0.1) is 16.8 Å². The highest BCUT2D eigenvalue weighted by atomic mass is 16.6. The van der Waals surface area contributed by atoms with Crippen LogP contribution in [-0.4, -0.2) is 25.4 Å². The molecule has 96 valence electrons. The van der Waals surface area contributed by atoms with Crippen LogP contribution in [0.25, 0.3) is 11.0 Å². The van der Waals surface area contributed by atoms with Gasteiger partial charge in [0.1, 0.15) is 0 Å². The van der Waals surface area contributed by atoms with Crippen molar-refractivity contribution in [2.75, 3.05) is 5.32 Å². The molecule has 3 rings (SSSR count). The zero-order valence-electron chi connectivity index (χ0n) is 9.53. The average Bonchev–Trinajstić information content (AvgIpc) is 3.06. The van der Waals surface area contributed by atoms with E-state index in [1.165, 1.54) is 6.07 Å². The first-order valence-electron chi connectivity index (χ1n) is 5.37. The van der Waals surface area contributed by atoms with Gasteiger partial charge < -0.3 is 5.32 Å². The molecule has 19 heavy (non-hydrogen) atoms. The van der Waals surface area contributed by atoms with Gasteiger partial charge in [0.25, 0.3) is 0 Å². The van der Waals surface area contributed by atoms with E-state index in [0.717, 1.165) is 5.56 Å². The summed E-state index contributed by atoms with van der Waals surface area (Å²) in [5.41, 5.74) is 1.89. The molecule has 0 spiro atoms. The van der Waals surface area contributed by atoms with Crippen LogP contribution in [0.15, 0.2) is 29.2 Å². The first-order valence-corrected chi connectivity index (χ1v) is 5.37. The highest BCUT2D eigenvalue weighted by Gasteiger charge is 2.19. The quantitative estimate of drug-likeness (QED) is 0.537. The number of nitro benzene ring substituents is 1. The van der Waals surface area contributed by atoms with Gasteiger partial charge in [-0.05, 0) is 16.4 Å². The van der Waals surface area contributed by atoms with Crippen molar-refractivity contribution >= 4 is 22.4 Å². The topological polar surface area (TPSA) is 123 Å². The maximum Gasteiger partial charge on any atom is 0.300 e. The third-order valence-corrected chi connectivity index (χ3v) is 2.63. The Labute approximate surface area is 105 Å². The number of non-ortho nitro benzene ring substituents is 1. The molecule has 3 aromatic rings. The van der Waals surface area contributed by atoms with E-state index in [2.05, 4.69) is 30.5 Å². The van der Waals surface area contributed by atoms with Gasteiger partial charge in [-0.1, -0.05) is 0 Å². The molecule has 2 heterocycles.